The van der Waals surface area contributed by atoms with Crippen LogP contribution in [0.3, 0.4) is 0 Å². The van der Waals surface area contributed by atoms with E-state index in [0.717, 1.165) is 55.3 Å². The molecule has 5 heterocycles. The van der Waals surface area contributed by atoms with E-state index >= 15 is 4.79 Å². The molecule has 22 nitrogen and oxygen atoms in total. The Morgan fingerprint density at radius 3 is 2.28 bits per heavy atom. The molecule has 0 radical (unpaired) electrons. The smallest absolute Gasteiger partial charge is 0.410 e. The van der Waals surface area contributed by atoms with E-state index in [0.29, 0.717) is 67.1 Å². The van der Waals surface area contributed by atoms with E-state index < -0.39 is 68.2 Å². The molecule has 5 atom stereocenters. The van der Waals surface area contributed by atoms with Crippen LogP contribution in [-0.2, 0) is 35.4 Å². The number of carbonyl (C=O) groups excluding carboxylic acids is 5. The van der Waals surface area contributed by atoms with Gasteiger partial charge in [-0.05, 0) is 143 Å². The number of aryl methyl sites for hydroxylation is 2. The van der Waals surface area contributed by atoms with E-state index in [9.17, 15) is 27.6 Å². The van der Waals surface area contributed by atoms with Crippen LogP contribution in [0, 0.1) is 25.7 Å². The highest BCUT2D eigenvalue weighted by Crippen LogP contribution is 2.39. The zero-order chi connectivity index (χ0) is 59.5. The van der Waals surface area contributed by atoms with Crippen molar-refractivity contribution in [3.63, 3.8) is 0 Å². The monoisotopic (exact) mass is 1160 g/mol. The highest BCUT2D eigenvalue weighted by atomic mass is 32.2. The summed E-state index contributed by atoms with van der Waals surface area (Å²) < 4.78 is 39.1. The number of likely N-dealkylation sites (N-methyl/N-ethyl adjacent to an activating group) is 1. The molecule has 3 aromatic heterocycles. The van der Waals surface area contributed by atoms with Gasteiger partial charge in [0.1, 0.15) is 58.0 Å². The standard InChI is InChI=1S/C60H81N13O9S/c1-35-36(2)69-70-52(35)68-53-43-28-49(83(79,80)60(7,8)9)48(29-45(43)63-34-64-53)81-33-38-23-25-72(26-24-38)50-31-61-46(30-62-50)55(75)65-41-27-47(56(76)66-44-22-16-20-39-17-14-15-21-42(39)44)73(32-41)57(77)51(40-18-12-11-13-19-40)67-54(74)37(3)71(10)58(78)82-59(4,5)6/h14-15,17,21,28-31,34,37-38,40-41,44,47,51H,11-13,16,18-20,22-27,32-33H2,1-10H3,(H,65,75)(H,66,76)(H,67,74)(H2,63,64,68,69,70)/t37-,41-,44+,47-,51-/m0/s1. The number of likely N-dealkylation sites (tertiary alicyclic amines) is 1. The summed E-state index contributed by atoms with van der Waals surface area (Å²) >= 11 is 0. The maximum absolute atomic E-state index is 15.2. The summed E-state index contributed by atoms with van der Waals surface area (Å²) in [4.78, 5) is 93.9. The molecule has 83 heavy (non-hydrogen) atoms. The van der Waals surface area contributed by atoms with Crippen molar-refractivity contribution in [3.8, 4) is 5.75 Å². The van der Waals surface area contributed by atoms with Crippen molar-refractivity contribution in [2.24, 2.45) is 11.8 Å². The molecule has 23 heteroatoms. The van der Waals surface area contributed by atoms with Crippen LogP contribution in [0.15, 0.2) is 60.0 Å². The van der Waals surface area contributed by atoms with Crippen LogP contribution < -0.4 is 30.9 Å². The predicted octanol–water partition coefficient (Wildman–Crippen LogP) is 7.58. The number of H-pyrrole nitrogens is 1. The number of benzene rings is 2. The Balaban J connectivity index is 0.863. The molecule has 5 N–H and O–H groups in total. The summed E-state index contributed by atoms with van der Waals surface area (Å²) in [5.74, 6) is -0.134. The van der Waals surface area contributed by atoms with E-state index in [-0.39, 0.29) is 59.7 Å². The van der Waals surface area contributed by atoms with Gasteiger partial charge in [-0.1, -0.05) is 43.5 Å². The van der Waals surface area contributed by atoms with Gasteiger partial charge in [0.2, 0.25) is 17.7 Å². The predicted molar refractivity (Wildman–Crippen MR) is 314 cm³/mol. The summed E-state index contributed by atoms with van der Waals surface area (Å²) in [6, 6.07) is 7.46. The number of nitrogens with one attached hydrogen (secondary N) is 5. The lowest BCUT2D eigenvalue weighted by molar-refractivity contribution is -0.143. The van der Waals surface area contributed by atoms with Crippen molar-refractivity contribution >= 4 is 67.9 Å². The van der Waals surface area contributed by atoms with Gasteiger partial charge in [-0.3, -0.25) is 29.2 Å². The number of hydrogen-bond donors (Lipinski definition) is 5. The van der Waals surface area contributed by atoms with Crippen LogP contribution >= 0.6 is 0 Å². The second-order valence-corrected chi connectivity index (χ2v) is 27.5. The highest BCUT2D eigenvalue weighted by Gasteiger charge is 2.46. The Morgan fingerprint density at radius 1 is 0.867 bits per heavy atom. The minimum Gasteiger partial charge on any atom is -0.492 e. The quantitative estimate of drug-likeness (QED) is 0.0637. The number of aromatic amines is 1. The van der Waals surface area contributed by atoms with Crippen LogP contribution in [-0.4, -0.2) is 146 Å². The van der Waals surface area contributed by atoms with Gasteiger partial charge in [0, 0.05) is 55.4 Å². The number of anilines is 3. The van der Waals surface area contributed by atoms with Crippen molar-refractivity contribution in [2.45, 2.75) is 178 Å². The molecule has 2 aliphatic carbocycles. The Morgan fingerprint density at radius 2 is 1.60 bits per heavy atom. The van der Waals surface area contributed by atoms with Crippen molar-refractivity contribution in [1.29, 1.82) is 0 Å². The van der Waals surface area contributed by atoms with E-state index in [1.54, 1.807) is 66.8 Å². The highest BCUT2D eigenvalue weighted by molar-refractivity contribution is 7.92. The molecular formula is C60H81N13O9S. The average Bonchev–Trinajstić information content (AvgIpc) is 3.53. The summed E-state index contributed by atoms with van der Waals surface area (Å²) in [6.45, 7) is 17.1. The number of piperidine rings is 1. The third-order valence-electron chi connectivity index (χ3n) is 16.8. The van der Waals surface area contributed by atoms with Gasteiger partial charge in [-0.2, -0.15) is 5.10 Å². The zero-order valence-electron chi connectivity index (χ0n) is 49.5. The van der Waals surface area contributed by atoms with E-state index in [1.165, 1.54) is 34.9 Å². The molecule has 2 aromatic carbocycles. The third-order valence-corrected chi connectivity index (χ3v) is 19.3. The Hall–Kier alpha value is -7.43. The van der Waals surface area contributed by atoms with Crippen LogP contribution in [0.4, 0.5) is 22.2 Å². The van der Waals surface area contributed by atoms with Gasteiger partial charge in [0.25, 0.3) is 5.91 Å². The Bertz CT molecular complexity index is 3310. The molecule has 1 saturated carbocycles. The maximum atomic E-state index is 15.2. The largest absolute Gasteiger partial charge is 0.492 e. The number of ether oxygens (including phenoxy) is 2. The number of aromatic nitrogens is 6. The lowest BCUT2D eigenvalue weighted by atomic mass is 9.83. The number of amides is 5. The minimum atomic E-state index is -3.89. The van der Waals surface area contributed by atoms with Crippen molar-refractivity contribution < 1.29 is 41.9 Å². The fraction of sp³-hybridized carbons (Fsp3) is 0.567. The van der Waals surface area contributed by atoms with E-state index in [4.69, 9.17) is 9.47 Å². The van der Waals surface area contributed by atoms with E-state index in [2.05, 4.69) is 62.4 Å². The van der Waals surface area contributed by atoms with Gasteiger partial charge >= 0.3 is 6.09 Å². The van der Waals surface area contributed by atoms with Gasteiger partial charge in [-0.15, -0.1) is 0 Å². The van der Waals surface area contributed by atoms with Crippen molar-refractivity contribution in [2.75, 3.05) is 43.5 Å². The molecule has 3 fully saturated rings. The first-order valence-corrected chi connectivity index (χ1v) is 30.6. The number of carbonyl (C=O) groups is 5. The van der Waals surface area contributed by atoms with Crippen LogP contribution in [0.5, 0.6) is 5.75 Å². The minimum absolute atomic E-state index is 0.00793. The lowest BCUT2D eigenvalue weighted by Gasteiger charge is -2.36. The second kappa shape index (κ2) is 24.8. The first kappa shape index (κ1) is 60.2. The fourth-order valence-electron chi connectivity index (χ4n) is 11.5. The molecule has 9 rings (SSSR count). The van der Waals surface area contributed by atoms with Crippen molar-refractivity contribution in [3.05, 3.63) is 83.2 Å². The van der Waals surface area contributed by atoms with E-state index in [1.807, 2.05) is 32.0 Å². The topological polar surface area (TPSA) is 276 Å². The molecule has 2 saturated heterocycles. The summed E-state index contributed by atoms with van der Waals surface area (Å²) in [5, 5.41) is 20.4. The van der Waals surface area contributed by atoms with Gasteiger partial charge in [0.15, 0.2) is 15.7 Å². The third kappa shape index (κ3) is 13.7. The number of sulfone groups is 1. The molecule has 2 aliphatic heterocycles. The molecule has 4 aliphatic rings. The number of hydrogen-bond acceptors (Lipinski definition) is 16. The molecular weight excluding hydrogens is 1080 g/mol. The zero-order valence-corrected chi connectivity index (χ0v) is 50.3. The lowest BCUT2D eigenvalue weighted by Crippen LogP contribution is -2.59. The molecule has 0 unspecified atom stereocenters. The fourth-order valence-corrected chi connectivity index (χ4v) is 12.8. The first-order valence-electron chi connectivity index (χ1n) is 29.1. The van der Waals surface area contributed by atoms with Gasteiger partial charge in [0.05, 0.1) is 35.3 Å². The second-order valence-electron chi connectivity index (χ2n) is 24.8. The summed E-state index contributed by atoms with van der Waals surface area (Å²) in [5.41, 5.74) is 3.80. The van der Waals surface area contributed by atoms with Gasteiger partial charge in [-0.25, -0.2) is 33.1 Å². The molecule has 5 aromatic rings. The van der Waals surface area contributed by atoms with Crippen LogP contribution in [0.2, 0.25) is 0 Å². The molecule has 0 bridgehead atoms. The molecule has 5 amide bonds. The normalized spacial score (nSPS) is 19.8. The SMILES string of the molecule is Cc1[nH]nc(Nc2ncnc3cc(OCC4CCN(c5cnc(C(=O)N[C@H]6C[C@@H](C(=O)N[C@@H]7CCCc8ccccc87)N(C(=O)[C@@H](NC(=O)[C@H](C)N(C)C(=O)OC(C)(C)C)C7CCCCC7)C6)cn5)CC4)c(S(=O)(=O)C(C)(C)C)cc23)c1C. The number of nitrogens with zero attached hydrogens (tertiary/aromatic N) is 8. The van der Waals surface area contributed by atoms with Crippen molar-refractivity contribution in [1.82, 2.24) is 55.9 Å². The average molecular weight is 1160 g/mol. The Kier molecular flexibility index (Phi) is 18.0. The molecule has 446 valence electrons. The summed E-state index contributed by atoms with van der Waals surface area (Å²) in [6.07, 6.45) is 11.9. The summed E-state index contributed by atoms with van der Waals surface area (Å²) in [7, 11) is -2.41. The number of rotatable bonds is 16. The molecule has 0 spiro atoms. The van der Waals surface area contributed by atoms with Gasteiger partial charge < -0.3 is 40.5 Å². The first-order chi connectivity index (χ1) is 39.4. The van der Waals surface area contributed by atoms with Crippen LogP contribution in [0.1, 0.15) is 152 Å². The Labute approximate surface area is 486 Å². The number of fused-ring (bicyclic) bond motifs is 2. The van der Waals surface area contributed by atoms with Crippen LogP contribution in [0.25, 0.3) is 10.9 Å². The maximum Gasteiger partial charge on any atom is 0.410 e.